The van der Waals surface area contributed by atoms with Crippen molar-refractivity contribution in [1.82, 2.24) is 15.3 Å². The quantitative estimate of drug-likeness (QED) is 0.449. The molecule has 0 saturated carbocycles. The fraction of sp³-hybridized carbons (Fsp3) is 0.278. The van der Waals surface area contributed by atoms with Crippen molar-refractivity contribution < 1.29 is 9.53 Å². The van der Waals surface area contributed by atoms with Crippen LogP contribution in [0.4, 0.5) is 5.82 Å². The van der Waals surface area contributed by atoms with Gasteiger partial charge in [0.1, 0.15) is 11.6 Å². The summed E-state index contributed by atoms with van der Waals surface area (Å²) in [5.41, 5.74) is 1.45. The Balaban J connectivity index is 1.41. The number of benzene rings is 1. The molecule has 0 unspecified atom stereocenters. The van der Waals surface area contributed by atoms with Gasteiger partial charge in [-0.25, -0.2) is 4.98 Å². The largest absolute Gasteiger partial charge is 0.497 e. The van der Waals surface area contributed by atoms with Crippen molar-refractivity contribution >= 4 is 44.9 Å². The van der Waals surface area contributed by atoms with Gasteiger partial charge in [-0.3, -0.25) is 4.79 Å². The molecule has 2 aromatic heterocycles. The Hall–Kier alpha value is -2.38. The topological polar surface area (TPSA) is 76.1 Å². The molecule has 1 aromatic carbocycles. The number of methoxy groups -OCH3 is 1. The highest BCUT2D eigenvalue weighted by atomic mass is 35.5. The number of halogens is 1. The number of rotatable bonds is 8. The van der Waals surface area contributed by atoms with Crippen molar-refractivity contribution in [3.8, 4) is 5.75 Å². The van der Waals surface area contributed by atoms with E-state index in [0.717, 1.165) is 35.4 Å². The molecule has 2 heterocycles. The molecule has 0 radical (unpaired) electrons. The lowest BCUT2D eigenvalue weighted by atomic mass is 10.2. The Bertz CT molecular complexity index is 900. The van der Waals surface area contributed by atoms with Gasteiger partial charge in [-0.2, -0.15) is 4.98 Å². The van der Waals surface area contributed by atoms with Gasteiger partial charge in [0.15, 0.2) is 0 Å². The number of unbranched alkanes of at least 4 members (excludes halogenated alkanes) is 1. The first kappa shape index (κ1) is 18.4. The lowest BCUT2D eigenvalue weighted by Gasteiger charge is -2.08. The van der Waals surface area contributed by atoms with E-state index in [2.05, 4.69) is 20.6 Å². The molecule has 0 aliphatic rings. The monoisotopic (exact) mass is 390 g/mol. The molecule has 2 N–H and O–H groups in total. The molecule has 6 nitrogen and oxygen atoms in total. The van der Waals surface area contributed by atoms with Crippen LogP contribution in [0.3, 0.4) is 0 Å². The molecular formula is C18H19ClN4O2S. The third-order valence-corrected chi connectivity index (χ3v) is 4.87. The predicted molar refractivity (Wildman–Crippen MR) is 105 cm³/mol. The lowest BCUT2D eigenvalue weighted by Crippen LogP contribution is -2.24. The van der Waals surface area contributed by atoms with Crippen molar-refractivity contribution in [1.29, 1.82) is 0 Å². The van der Waals surface area contributed by atoms with Gasteiger partial charge >= 0.3 is 0 Å². The number of ether oxygens (including phenoxy) is 1. The van der Waals surface area contributed by atoms with Gasteiger partial charge < -0.3 is 15.4 Å². The average Bonchev–Trinajstić information content (AvgIpc) is 3.12. The summed E-state index contributed by atoms with van der Waals surface area (Å²) in [6.45, 7) is 1.35. The second-order valence-electron chi connectivity index (χ2n) is 5.60. The van der Waals surface area contributed by atoms with Gasteiger partial charge in [0.25, 0.3) is 5.91 Å². The van der Waals surface area contributed by atoms with Crippen LogP contribution < -0.4 is 15.4 Å². The second kappa shape index (κ2) is 8.82. The molecule has 0 aliphatic heterocycles. The summed E-state index contributed by atoms with van der Waals surface area (Å²) >= 11 is 7.53. The molecule has 0 fully saturated rings. The summed E-state index contributed by atoms with van der Waals surface area (Å²) in [7, 11) is 1.58. The summed E-state index contributed by atoms with van der Waals surface area (Å²) in [5, 5.41) is 8.42. The number of carbonyl (C=O) groups is 1. The zero-order valence-electron chi connectivity index (χ0n) is 14.3. The van der Waals surface area contributed by atoms with Crippen LogP contribution in [0.2, 0.25) is 5.28 Å². The molecule has 3 rings (SSSR count). The van der Waals surface area contributed by atoms with E-state index >= 15 is 0 Å². The van der Waals surface area contributed by atoms with Crippen LogP contribution in [0.25, 0.3) is 10.2 Å². The number of nitrogens with one attached hydrogen (secondary N) is 2. The lowest BCUT2D eigenvalue weighted by molar-refractivity contribution is 0.0952. The SMILES string of the molecule is COc1cccc(C(=O)NCCCCNc2nc(Cl)nc3ccsc23)c1. The van der Waals surface area contributed by atoms with Crippen LogP contribution in [-0.4, -0.2) is 36.1 Å². The van der Waals surface area contributed by atoms with Gasteiger partial charge in [0, 0.05) is 18.7 Å². The minimum atomic E-state index is -0.0975. The second-order valence-corrected chi connectivity index (χ2v) is 6.85. The maximum Gasteiger partial charge on any atom is 0.251 e. The molecule has 1 amide bonds. The first-order chi connectivity index (χ1) is 12.7. The Kier molecular flexibility index (Phi) is 6.25. The summed E-state index contributed by atoms with van der Waals surface area (Å²) in [6, 6.07) is 9.03. The van der Waals surface area contributed by atoms with Gasteiger partial charge in [-0.05, 0) is 54.1 Å². The normalized spacial score (nSPS) is 10.7. The van der Waals surface area contributed by atoms with Crippen LogP contribution in [0.15, 0.2) is 35.7 Å². The van der Waals surface area contributed by atoms with Crippen LogP contribution in [-0.2, 0) is 0 Å². The summed E-state index contributed by atoms with van der Waals surface area (Å²) < 4.78 is 6.13. The van der Waals surface area contributed by atoms with Crippen LogP contribution in [0, 0.1) is 0 Å². The predicted octanol–water partition coefficient (Wildman–Crippen LogP) is 3.98. The Morgan fingerprint density at radius 3 is 2.92 bits per heavy atom. The number of hydrogen-bond acceptors (Lipinski definition) is 6. The minimum absolute atomic E-state index is 0.0975. The van der Waals surface area contributed by atoms with Crippen molar-refractivity contribution in [3.05, 3.63) is 46.6 Å². The van der Waals surface area contributed by atoms with Crippen molar-refractivity contribution in [2.75, 3.05) is 25.5 Å². The zero-order chi connectivity index (χ0) is 18.4. The van der Waals surface area contributed by atoms with Crippen LogP contribution in [0.1, 0.15) is 23.2 Å². The molecular weight excluding hydrogens is 372 g/mol. The summed E-state index contributed by atoms with van der Waals surface area (Å²) in [5.74, 6) is 1.33. The highest BCUT2D eigenvalue weighted by Crippen LogP contribution is 2.27. The van der Waals surface area contributed by atoms with Gasteiger partial charge in [-0.1, -0.05) is 6.07 Å². The van der Waals surface area contributed by atoms with E-state index in [1.54, 1.807) is 36.6 Å². The molecule has 0 spiro atoms. The molecule has 8 heteroatoms. The highest BCUT2D eigenvalue weighted by molar-refractivity contribution is 7.17. The summed E-state index contributed by atoms with van der Waals surface area (Å²) in [6.07, 6.45) is 1.75. The number of fused-ring (bicyclic) bond motifs is 1. The fourth-order valence-electron chi connectivity index (χ4n) is 2.48. The molecule has 0 aliphatic carbocycles. The van der Waals surface area contributed by atoms with E-state index in [1.165, 1.54) is 0 Å². The third kappa shape index (κ3) is 4.62. The number of aromatic nitrogens is 2. The van der Waals surface area contributed by atoms with E-state index in [9.17, 15) is 4.79 Å². The van der Waals surface area contributed by atoms with E-state index in [0.29, 0.717) is 17.9 Å². The highest BCUT2D eigenvalue weighted by Gasteiger charge is 2.08. The number of hydrogen-bond donors (Lipinski definition) is 2. The first-order valence-corrected chi connectivity index (χ1v) is 9.50. The Morgan fingerprint density at radius 2 is 2.08 bits per heavy atom. The molecule has 26 heavy (non-hydrogen) atoms. The van der Waals surface area contributed by atoms with Crippen LogP contribution in [0.5, 0.6) is 5.75 Å². The number of thiophene rings is 1. The number of amides is 1. The molecule has 0 bridgehead atoms. The average molecular weight is 391 g/mol. The van der Waals surface area contributed by atoms with E-state index in [4.69, 9.17) is 16.3 Å². The standard InChI is InChI=1S/C18H19ClN4O2S/c1-25-13-6-4-5-12(11-13)17(24)21-9-3-2-8-20-16-15-14(7-10-26-15)22-18(19)23-16/h4-7,10-11H,2-3,8-9H2,1H3,(H,21,24)(H,20,22,23). The van der Waals surface area contributed by atoms with Crippen LogP contribution >= 0.6 is 22.9 Å². The molecule has 3 aromatic rings. The maximum absolute atomic E-state index is 12.1. The van der Waals surface area contributed by atoms with Crippen molar-refractivity contribution in [3.63, 3.8) is 0 Å². The van der Waals surface area contributed by atoms with E-state index < -0.39 is 0 Å². The van der Waals surface area contributed by atoms with Gasteiger partial charge in [0.2, 0.25) is 5.28 Å². The first-order valence-electron chi connectivity index (χ1n) is 8.24. The number of carbonyl (C=O) groups excluding carboxylic acids is 1. The third-order valence-electron chi connectivity index (χ3n) is 3.79. The fourth-order valence-corrected chi connectivity index (χ4v) is 3.45. The van der Waals surface area contributed by atoms with E-state index in [1.807, 2.05) is 17.5 Å². The number of anilines is 1. The maximum atomic E-state index is 12.1. The minimum Gasteiger partial charge on any atom is -0.497 e. The zero-order valence-corrected chi connectivity index (χ0v) is 15.9. The van der Waals surface area contributed by atoms with E-state index in [-0.39, 0.29) is 11.2 Å². The Morgan fingerprint density at radius 1 is 1.23 bits per heavy atom. The number of nitrogens with zero attached hydrogens (tertiary/aromatic N) is 2. The molecule has 0 atom stereocenters. The smallest absolute Gasteiger partial charge is 0.251 e. The van der Waals surface area contributed by atoms with Gasteiger partial charge in [0.05, 0.1) is 17.3 Å². The molecule has 0 saturated heterocycles. The van der Waals surface area contributed by atoms with Gasteiger partial charge in [-0.15, -0.1) is 11.3 Å². The van der Waals surface area contributed by atoms with Crippen molar-refractivity contribution in [2.24, 2.45) is 0 Å². The molecule has 136 valence electrons. The van der Waals surface area contributed by atoms with Crippen molar-refractivity contribution in [2.45, 2.75) is 12.8 Å². The summed E-state index contributed by atoms with van der Waals surface area (Å²) in [4.78, 5) is 20.5. The Labute approximate surface area is 160 Å².